The van der Waals surface area contributed by atoms with E-state index in [0.29, 0.717) is 0 Å². The molecule has 1 N–H and O–H groups in total. The van der Waals surface area contributed by atoms with E-state index in [2.05, 4.69) is 42.9 Å². The van der Waals surface area contributed by atoms with Gasteiger partial charge in [-0.15, -0.1) is 0 Å². The molecule has 0 aromatic carbocycles. The summed E-state index contributed by atoms with van der Waals surface area (Å²) in [5.41, 5.74) is 0.911. The van der Waals surface area contributed by atoms with Crippen LogP contribution in [0.1, 0.15) is 18.4 Å². The van der Waals surface area contributed by atoms with E-state index >= 15 is 0 Å². The van der Waals surface area contributed by atoms with Crippen LogP contribution >= 0.6 is 27.9 Å². The van der Waals surface area contributed by atoms with Gasteiger partial charge in [0.15, 0.2) is 0 Å². The van der Waals surface area contributed by atoms with Crippen molar-refractivity contribution in [2.45, 2.75) is 19.3 Å². The summed E-state index contributed by atoms with van der Waals surface area (Å²) in [4.78, 5) is 16.7. The van der Waals surface area contributed by atoms with Gasteiger partial charge in [-0.1, -0.05) is 11.9 Å². The number of carbonyl (C=O) groups is 1. The smallest absolute Gasteiger partial charge is 0.232 e. The van der Waals surface area contributed by atoms with E-state index < -0.39 is 0 Å². The molecule has 1 spiro atoms. The van der Waals surface area contributed by atoms with Gasteiger partial charge in [0.2, 0.25) is 5.91 Å². The number of amides is 1. The summed E-state index contributed by atoms with van der Waals surface area (Å²) in [6, 6.07) is 2.07. The third-order valence-corrected chi connectivity index (χ3v) is 5.43. The Kier molecular flexibility index (Phi) is 3.57. The number of halogens is 1. The Morgan fingerprint density at radius 2 is 2.21 bits per heavy atom. The molecule has 0 atom stereocenters. The topological polar surface area (TPSA) is 45.2 Å². The van der Waals surface area contributed by atoms with Crippen molar-refractivity contribution in [3.8, 4) is 0 Å². The number of pyridine rings is 1. The number of rotatable bonds is 1. The molecule has 1 aromatic heterocycles. The summed E-state index contributed by atoms with van der Waals surface area (Å²) < 4.78 is 3.30. The fourth-order valence-corrected chi connectivity index (χ4v) is 3.84. The number of fused-ring (bicyclic) bond motifs is 1. The molecule has 0 aliphatic carbocycles. The summed E-state index contributed by atoms with van der Waals surface area (Å²) in [7, 11) is 0. The summed E-state index contributed by atoms with van der Waals surface area (Å²) >= 11 is 5.22. The van der Waals surface area contributed by atoms with Crippen LogP contribution in [0.15, 0.2) is 16.7 Å². The maximum atomic E-state index is 12.4. The van der Waals surface area contributed by atoms with E-state index in [4.69, 9.17) is 0 Å². The van der Waals surface area contributed by atoms with Crippen molar-refractivity contribution in [1.82, 2.24) is 9.29 Å². The minimum Gasteiger partial charge on any atom is -0.310 e. The molecule has 1 aromatic rings. The molecule has 19 heavy (non-hydrogen) atoms. The quantitative estimate of drug-likeness (QED) is 0.797. The molecule has 2 aliphatic heterocycles. The lowest BCUT2D eigenvalue weighted by atomic mass is 9.72. The van der Waals surface area contributed by atoms with E-state index in [0.717, 1.165) is 48.2 Å². The van der Waals surface area contributed by atoms with Crippen LogP contribution < -0.4 is 5.32 Å². The van der Waals surface area contributed by atoms with E-state index in [1.54, 1.807) is 18.1 Å². The third-order valence-electron chi connectivity index (χ3n) is 4.11. The van der Waals surface area contributed by atoms with Gasteiger partial charge in [-0.2, -0.15) is 0 Å². The lowest BCUT2D eigenvalue weighted by Crippen LogP contribution is -2.48. The summed E-state index contributed by atoms with van der Waals surface area (Å²) in [6.07, 6.45) is 6.47. The predicted octanol–water partition coefficient (Wildman–Crippen LogP) is 2.70. The van der Waals surface area contributed by atoms with Crippen molar-refractivity contribution in [3.63, 3.8) is 0 Å². The summed E-state index contributed by atoms with van der Waals surface area (Å²) in [5.74, 6) is 0.877. The van der Waals surface area contributed by atoms with E-state index in [-0.39, 0.29) is 11.3 Å². The molecular formula is C13H16BrN3OS. The normalized spacial score (nSPS) is 22.1. The van der Waals surface area contributed by atoms with Crippen molar-refractivity contribution < 1.29 is 4.79 Å². The van der Waals surface area contributed by atoms with Crippen LogP contribution in [0.3, 0.4) is 0 Å². The number of nitrogens with zero attached hydrogens (tertiary/aromatic N) is 2. The molecule has 102 valence electrons. The standard InChI is InChI=1S/C13H16BrN3OS/c1-19-17-4-2-13(3-5-17)7-9-6-10(14)8-15-11(9)16-12(13)18/h6,8H,2-5,7H2,1H3,(H,15,16,18). The molecule has 4 nitrogen and oxygen atoms in total. The molecule has 3 rings (SSSR count). The first-order valence-electron chi connectivity index (χ1n) is 6.38. The summed E-state index contributed by atoms with van der Waals surface area (Å²) in [5, 5.41) is 2.98. The molecule has 3 heterocycles. The van der Waals surface area contributed by atoms with Crippen molar-refractivity contribution in [3.05, 3.63) is 22.3 Å². The van der Waals surface area contributed by atoms with Gasteiger partial charge in [0.25, 0.3) is 0 Å². The molecule has 0 unspecified atom stereocenters. The Morgan fingerprint density at radius 3 is 2.89 bits per heavy atom. The molecule has 1 saturated heterocycles. The number of nitrogens with one attached hydrogen (secondary N) is 1. The van der Waals surface area contributed by atoms with Gasteiger partial charge >= 0.3 is 0 Å². The first-order valence-corrected chi connectivity index (χ1v) is 8.35. The number of hydrogen-bond acceptors (Lipinski definition) is 4. The molecule has 0 radical (unpaired) electrons. The molecule has 1 amide bonds. The van der Waals surface area contributed by atoms with Crippen LogP contribution in [0.4, 0.5) is 5.82 Å². The van der Waals surface area contributed by atoms with Crippen LogP contribution in [-0.4, -0.2) is 34.5 Å². The molecule has 0 bridgehead atoms. The van der Waals surface area contributed by atoms with Gasteiger partial charge in [0, 0.05) is 23.8 Å². The van der Waals surface area contributed by atoms with Gasteiger partial charge in [-0.25, -0.2) is 4.98 Å². The lowest BCUT2D eigenvalue weighted by molar-refractivity contribution is -0.128. The zero-order valence-corrected chi connectivity index (χ0v) is 13.2. The van der Waals surface area contributed by atoms with Crippen LogP contribution in [-0.2, 0) is 11.2 Å². The molecule has 0 saturated carbocycles. The number of hydrogen-bond donors (Lipinski definition) is 1. The second kappa shape index (κ2) is 5.07. The van der Waals surface area contributed by atoms with Crippen molar-refractivity contribution >= 4 is 39.6 Å². The van der Waals surface area contributed by atoms with Gasteiger partial charge in [-0.05, 0) is 53.1 Å². The lowest BCUT2D eigenvalue weighted by Gasteiger charge is -2.42. The molecule has 6 heteroatoms. The monoisotopic (exact) mass is 341 g/mol. The van der Waals surface area contributed by atoms with E-state index in [1.807, 2.05) is 0 Å². The van der Waals surface area contributed by atoms with Gasteiger partial charge in [0.1, 0.15) is 5.82 Å². The Hall–Kier alpha value is -0.590. The number of anilines is 1. The Bertz CT molecular complexity index is 515. The van der Waals surface area contributed by atoms with Gasteiger partial charge in [-0.3, -0.25) is 9.10 Å². The van der Waals surface area contributed by atoms with Gasteiger partial charge in [0.05, 0.1) is 5.41 Å². The Balaban J connectivity index is 1.87. The molecule has 1 fully saturated rings. The third kappa shape index (κ3) is 2.41. The molecular weight excluding hydrogens is 326 g/mol. The maximum Gasteiger partial charge on any atom is 0.232 e. The summed E-state index contributed by atoms with van der Waals surface area (Å²) in [6.45, 7) is 1.96. The predicted molar refractivity (Wildman–Crippen MR) is 81.0 cm³/mol. The average molecular weight is 342 g/mol. The zero-order chi connectivity index (χ0) is 13.5. The minimum absolute atomic E-state index is 0.149. The fourth-order valence-electron chi connectivity index (χ4n) is 2.91. The van der Waals surface area contributed by atoms with Gasteiger partial charge < -0.3 is 5.32 Å². The highest BCUT2D eigenvalue weighted by Gasteiger charge is 2.44. The van der Waals surface area contributed by atoms with Crippen molar-refractivity contribution in [2.24, 2.45) is 5.41 Å². The Morgan fingerprint density at radius 1 is 1.47 bits per heavy atom. The van der Waals surface area contributed by atoms with E-state index in [1.165, 1.54) is 0 Å². The van der Waals surface area contributed by atoms with Crippen LogP contribution in [0.25, 0.3) is 0 Å². The zero-order valence-electron chi connectivity index (χ0n) is 10.8. The van der Waals surface area contributed by atoms with E-state index in [9.17, 15) is 4.79 Å². The average Bonchev–Trinajstić information content (AvgIpc) is 2.41. The number of piperidine rings is 1. The minimum atomic E-state index is -0.234. The fraction of sp³-hybridized carbons (Fsp3) is 0.538. The SMILES string of the molecule is CSN1CCC2(CC1)Cc1cc(Br)cnc1NC2=O. The van der Waals surface area contributed by atoms with Crippen LogP contribution in [0.2, 0.25) is 0 Å². The van der Waals surface area contributed by atoms with Crippen molar-refractivity contribution in [2.75, 3.05) is 24.7 Å². The van der Waals surface area contributed by atoms with Crippen LogP contribution in [0.5, 0.6) is 0 Å². The molecule has 2 aliphatic rings. The first-order chi connectivity index (χ1) is 9.13. The highest BCUT2D eigenvalue weighted by molar-refractivity contribution is 9.10. The highest BCUT2D eigenvalue weighted by atomic mass is 79.9. The van der Waals surface area contributed by atoms with Crippen LogP contribution in [0, 0.1) is 5.41 Å². The maximum absolute atomic E-state index is 12.4. The number of aromatic nitrogens is 1. The number of carbonyl (C=O) groups excluding carboxylic acids is 1. The highest BCUT2D eigenvalue weighted by Crippen LogP contribution is 2.42. The Labute approximate surface area is 125 Å². The second-order valence-corrected chi connectivity index (χ2v) is 6.98. The first kappa shape index (κ1) is 13.4. The second-order valence-electron chi connectivity index (χ2n) is 5.18. The van der Waals surface area contributed by atoms with Crippen molar-refractivity contribution in [1.29, 1.82) is 0 Å². The largest absolute Gasteiger partial charge is 0.310 e.